The highest BCUT2D eigenvalue weighted by Gasteiger charge is 2.62. The van der Waals surface area contributed by atoms with Crippen LogP contribution in [0, 0.1) is 29.1 Å². The number of carbonyl (C=O) groups excluding carboxylic acids is 3. The van der Waals surface area contributed by atoms with Crippen molar-refractivity contribution in [3.63, 3.8) is 0 Å². The lowest BCUT2D eigenvalue weighted by atomic mass is 9.75. The molecule has 1 aromatic carbocycles. The lowest BCUT2D eigenvalue weighted by Gasteiger charge is -2.38. The minimum absolute atomic E-state index is 0.0183. The van der Waals surface area contributed by atoms with E-state index in [4.69, 9.17) is 0 Å². The van der Waals surface area contributed by atoms with Crippen LogP contribution in [0.5, 0.6) is 0 Å². The molecular formula is C27H32FN5O4S. The topological polar surface area (TPSA) is 144 Å². The average molecular weight is 542 g/mol. The van der Waals surface area contributed by atoms with Crippen molar-refractivity contribution in [2.24, 2.45) is 10.8 Å². The van der Waals surface area contributed by atoms with Crippen LogP contribution in [0.1, 0.15) is 44.9 Å². The summed E-state index contributed by atoms with van der Waals surface area (Å²) in [5.74, 6) is -2.45. The Morgan fingerprint density at radius 2 is 1.92 bits per heavy atom. The monoisotopic (exact) mass is 541 g/mol. The van der Waals surface area contributed by atoms with E-state index in [0.29, 0.717) is 12.8 Å². The lowest BCUT2D eigenvalue weighted by Crippen LogP contribution is -2.70. The Morgan fingerprint density at radius 1 is 1.26 bits per heavy atom. The van der Waals surface area contributed by atoms with Gasteiger partial charge in [-0.2, -0.15) is 5.26 Å². The number of ketones is 1. The number of Topliss-reactive ketones (excluding diaryl/α,β-unsaturated/α-hetero) is 1. The first-order valence-corrected chi connectivity index (χ1v) is 13.3. The van der Waals surface area contributed by atoms with Crippen molar-refractivity contribution in [3.05, 3.63) is 41.0 Å². The maximum Gasteiger partial charge on any atom is 0.251 e. The fourth-order valence-electron chi connectivity index (χ4n) is 4.66. The van der Waals surface area contributed by atoms with E-state index in [-0.39, 0.29) is 13.1 Å². The second-order valence-electron chi connectivity index (χ2n) is 11.1. The minimum atomic E-state index is -2.41. The Kier molecular flexibility index (Phi) is 7.45. The number of alkyl halides is 1. The van der Waals surface area contributed by atoms with Crippen molar-refractivity contribution in [2.45, 2.75) is 70.9 Å². The van der Waals surface area contributed by atoms with Crippen molar-refractivity contribution in [2.75, 3.05) is 6.54 Å². The first kappa shape index (κ1) is 27.8. The highest BCUT2D eigenvalue weighted by Crippen LogP contribution is 2.45. The number of nitriles is 1. The van der Waals surface area contributed by atoms with Gasteiger partial charge in [-0.25, -0.2) is 9.37 Å². The quantitative estimate of drug-likeness (QED) is 0.375. The van der Waals surface area contributed by atoms with Gasteiger partial charge in [0, 0.05) is 13.1 Å². The molecule has 2 amide bonds. The third-order valence-electron chi connectivity index (χ3n) is 7.31. The molecule has 1 aliphatic carbocycles. The van der Waals surface area contributed by atoms with Gasteiger partial charge in [0.05, 0.1) is 28.2 Å². The summed E-state index contributed by atoms with van der Waals surface area (Å²) >= 11 is 1.52. The smallest absolute Gasteiger partial charge is 0.251 e. The summed E-state index contributed by atoms with van der Waals surface area (Å²) in [6.07, 6.45) is -3.08. The van der Waals surface area contributed by atoms with Crippen molar-refractivity contribution >= 4 is 28.9 Å². The molecule has 38 heavy (non-hydrogen) atoms. The highest BCUT2D eigenvalue weighted by molar-refractivity contribution is 7.13. The van der Waals surface area contributed by atoms with Crippen LogP contribution in [0.15, 0.2) is 29.8 Å². The molecule has 4 N–H and O–H groups in total. The zero-order valence-electron chi connectivity index (χ0n) is 21.8. The Balaban J connectivity index is 1.56. The molecule has 0 radical (unpaired) electrons. The molecule has 11 heteroatoms. The molecule has 2 fully saturated rings. The largest absolute Gasteiger partial charge is 0.389 e. The third-order valence-corrected chi connectivity index (χ3v) is 8.28. The molecule has 1 saturated heterocycles. The van der Waals surface area contributed by atoms with E-state index in [1.165, 1.54) is 11.3 Å². The van der Waals surface area contributed by atoms with Gasteiger partial charge in [0.1, 0.15) is 11.5 Å². The first-order valence-electron chi connectivity index (χ1n) is 12.5. The Hall–Kier alpha value is -3.20. The number of amides is 2. The molecule has 1 aromatic heterocycles. The highest BCUT2D eigenvalue weighted by atomic mass is 32.1. The van der Waals surface area contributed by atoms with Crippen LogP contribution in [0.2, 0.25) is 0 Å². The van der Waals surface area contributed by atoms with Crippen molar-refractivity contribution in [3.8, 4) is 16.5 Å². The van der Waals surface area contributed by atoms with Crippen LogP contribution >= 0.6 is 11.3 Å². The second-order valence-corrected chi connectivity index (χ2v) is 12.0. The van der Waals surface area contributed by atoms with Gasteiger partial charge in [-0.1, -0.05) is 45.0 Å². The lowest BCUT2D eigenvalue weighted by molar-refractivity contribution is -0.145. The Morgan fingerprint density at radius 3 is 2.39 bits per heavy atom. The number of aryl methyl sites for hydroxylation is 1. The maximum absolute atomic E-state index is 15.5. The summed E-state index contributed by atoms with van der Waals surface area (Å²) in [6.45, 7) is 6.67. The van der Waals surface area contributed by atoms with E-state index in [2.05, 4.69) is 20.9 Å². The van der Waals surface area contributed by atoms with Gasteiger partial charge >= 0.3 is 0 Å². The molecule has 1 aliphatic heterocycles. The van der Waals surface area contributed by atoms with Gasteiger partial charge < -0.3 is 15.7 Å². The van der Waals surface area contributed by atoms with Gasteiger partial charge in [0.25, 0.3) is 5.91 Å². The standard InChI is InChI=1S/C27H32FN5O4S/c1-15-19(38-14-31-15)17-7-5-16(6-8-17)11-30-24(37)27(20(28)18(34)12-32-27)22(35)21(25(2,3)4)33-23(36)26(13-29)9-10-26/h5-8,14,18,20-21,32,34H,9-12H2,1-4H3,(H,30,37)(H,33,36)/t18?,20?,21?,27-/m0/s1. The van der Waals surface area contributed by atoms with Gasteiger partial charge in [0.2, 0.25) is 5.91 Å². The van der Waals surface area contributed by atoms with Crippen LogP contribution in [0.3, 0.4) is 0 Å². The molecule has 1 saturated carbocycles. The first-order chi connectivity index (χ1) is 17.9. The molecule has 4 rings (SSSR count). The van der Waals surface area contributed by atoms with Crippen LogP contribution in [0.25, 0.3) is 10.4 Å². The van der Waals surface area contributed by atoms with E-state index >= 15 is 4.39 Å². The van der Waals surface area contributed by atoms with Crippen molar-refractivity contribution in [1.82, 2.24) is 20.9 Å². The molecule has 202 valence electrons. The number of hydrogen-bond donors (Lipinski definition) is 4. The van der Waals surface area contributed by atoms with Gasteiger partial charge in [0.15, 0.2) is 17.5 Å². The molecule has 2 aromatic rings. The number of β-amino-alcohol motifs (C(OH)–C–C–N with tert-alkyl or cyclic N) is 1. The van der Waals surface area contributed by atoms with E-state index in [1.807, 2.05) is 37.3 Å². The summed E-state index contributed by atoms with van der Waals surface area (Å²) in [5.41, 5.74) is -0.139. The predicted molar refractivity (Wildman–Crippen MR) is 139 cm³/mol. The van der Waals surface area contributed by atoms with E-state index in [0.717, 1.165) is 21.7 Å². The zero-order chi connectivity index (χ0) is 27.9. The normalized spacial score (nSPS) is 24.8. The fourth-order valence-corrected chi connectivity index (χ4v) is 5.47. The number of carbonyl (C=O) groups is 3. The number of benzene rings is 1. The Bertz CT molecular complexity index is 1280. The maximum atomic E-state index is 15.5. The van der Waals surface area contributed by atoms with Crippen LogP contribution < -0.4 is 16.0 Å². The number of aromatic nitrogens is 1. The zero-order valence-corrected chi connectivity index (χ0v) is 22.6. The van der Waals surface area contributed by atoms with E-state index in [9.17, 15) is 24.8 Å². The van der Waals surface area contributed by atoms with Crippen LogP contribution in [-0.4, -0.2) is 58.1 Å². The molecule has 9 nitrogen and oxygen atoms in total. The number of nitrogens with zero attached hydrogens (tertiary/aromatic N) is 2. The molecule has 2 heterocycles. The predicted octanol–water partition coefficient (Wildman–Crippen LogP) is 2.18. The molecule has 3 unspecified atom stereocenters. The number of halogens is 1. The molecule has 0 bridgehead atoms. The van der Waals surface area contributed by atoms with Gasteiger partial charge in [-0.05, 0) is 36.3 Å². The number of aliphatic hydroxyl groups excluding tert-OH is 1. The van der Waals surface area contributed by atoms with Crippen molar-refractivity contribution < 1.29 is 23.9 Å². The molecule has 4 atom stereocenters. The molecular weight excluding hydrogens is 509 g/mol. The SMILES string of the molecule is Cc1ncsc1-c1ccc(CNC(=O)[C@]2(C(=O)C(NC(=O)C3(C#N)CC3)C(C)(C)C)NCC(O)C2F)cc1. The minimum Gasteiger partial charge on any atom is -0.389 e. The van der Waals surface area contributed by atoms with Crippen LogP contribution in [-0.2, 0) is 20.9 Å². The van der Waals surface area contributed by atoms with Gasteiger partial charge in [-0.3, -0.25) is 19.7 Å². The average Bonchev–Trinajstić information content (AvgIpc) is 3.49. The van der Waals surface area contributed by atoms with Crippen molar-refractivity contribution in [1.29, 1.82) is 5.26 Å². The summed E-state index contributed by atoms with van der Waals surface area (Å²) in [4.78, 5) is 45.6. The summed E-state index contributed by atoms with van der Waals surface area (Å²) in [5, 5.41) is 27.5. The third kappa shape index (κ3) is 4.96. The molecule has 0 spiro atoms. The summed E-state index contributed by atoms with van der Waals surface area (Å²) < 4.78 is 15.5. The number of rotatable bonds is 8. The number of hydrogen-bond acceptors (Lipinski definition) is 8. The number of nitrogens with one attached hydrogen (secondary N) is 3. The Labute approximate surface area is 224 Å². The fraction of sp³-hybridized carbons (Fsp3) is 0.519. The second kappa shape index (κ2) is 10.2. The van der Waals surface area contributed by atoms with E-state index in [1.54, 1.807) is 26.3 Å². The summed E-state index contributed by atoms with van der Waals surface area (Å²) in [6, 6.07) is 8.13. The number of thiazole rings is 1. The van der Waals surface area contributed by atoms with E-state index < -0.39 is 52.3 Å². The number of aliphatic hydroxyl groups is 1. The summed E-state index contributed by atoms with van der Waals surface area (Å²) in [7, 11) is 0. The molecule has 2 aliphatic rings. The van der Waals surface area contributed by atoms with Crippen LogP contribution in [0.4, 0.5) is 4.39 Å². The van der Waals surface area contributed by atoms with Gasteiger partial charge in [-0.15, -0.1) is 11.3 Å².